The zero-order chi connectivity index (χ0) is 17.3. The van der Waals surface area contributed by atoms with E-state index in [0.29, 0.717) is 30.8 Å². The molecule has 3 unspecified atom stereocenters. The SMILES string of the molecule is CC1CC(Nc2cccc(S(=O)(=O)N3CCC(O)CC3)c2)C(C)O1. The highest BCUT2D eigenvalue weighted by Crippen LogP contribution is 2.26. The molecule has 0 bridgehead atoms. The van der Waals surface area contributed by atoms with Gasteiger partial charge in [-0.05, 0) is 51.3 Å². The highest BCUT2D eigenvalue weighted by Gasteiger charge is 2.31. The number of benzene rings is 1. The van der Waals surface area contributed by atoms with Gasteiger partial charge in [0.05, 0.1) is 29.2 Å². The Morgan fingerprint density at radius 1 is 1.25 bits per heavy atom. The Morgan fingerprint density at radius 2 is 1.96 bits per heavy atom. The zero-order valence-electron chi connectivity index (χ0n) is 14.2. The van der Waals surface area contributed by atoms with E-state index in [1.54, 1.807) is 18.2 Å². The van der Waals surface area contributed by atoms with Crippen molar-refractivity contribution in [2.75, 3.05) is 18.4 Å². The molecule has 1 aromatic rings. The Labute approximate surface area is 143 Å². The standard InChI is InChI=1S/C17H26N2O4S/c1-12-10-17(13(2)23-12)18-14-4-3-5-16(11-14)24(21,22)19-8-6-15(20)7-9-19/h3-5,11-13,15,17-18,20H,6-10H2,1-2H3. The lowest BCUT2D eigenvalue weighted by Gasteiger charge is -2.29. The molecule has 134 valence electrons. The molecule has 0 spiro atoms. The van der Waals surface area contributed by atoms with Gasteiger partial charge in [0.1, 0.15) is 0 Å². The normalized spacial score (nSPS) is 29.7. The van der Waals surface area contributed by atoms with Gasteiger partial charge in [-0.3, -0.25) is 0 Å². The van der Waals surface area contributed by atoms with E-state index in [2.05, 4.69) is 5.32 Å². The van der Waals surface area contributed by atoms with Gasteiger partial charge in [0.2, 0.25) is 10.0 Å². The number of sulfonamides is 1. The molecule has 2 saturated heterocycles. The third-order valence-electron chi connectivity index (χ3n) is 4.85. The summed E-state index contributed by atoms with van der Waals surface area (Å²) in [6.07, 6.45) is 1.81. The van der Waals surface area contributed by atoms with E-state index in [1.807, 2.05) is 19.9 Å². The maximum Gasteiger partial charge on any atom is 0.243 e. The van der Waals surface area contributed by atoms with Crippen LogP contribution < -0.4 is 5.32 Å². The van der Waals surface area contributed by atoms with Crippen LogP contribution >= 0.6 is 0 Å². The lowest BCUT2D eigenvalue weighted by molar-refractivity contribution is 0.0650. The molecule has 0 aliphatic carbocycles. The molecule has 7 heteroatoms. The first-order chi connectivity index (χ1) is 11.4. The van der Waals surface area contributed by atoms with Gasteiger partial charge in [-0.15, -0.1) is 0 Å². The minimum atomic E-state index is -3.51. The molecule has 6 nitrogen and oxygen atoms in total. The van der Waals surface area contributed by atoms with Crippen molar-refractivity contribution in [2.45, 2.75) is 62.4 Å². The average molecular weight is 354 g/mol. The van der Waals surface area contributed by atoms with Gasteiger partial charge < -0.3 is 15.2 Å². The summed E-state index contributed by atoms with van der Waals surface area (Å²) < 4.78 is 32.8. The third-order valence-corrected chi connectivity index (χ3v) is 6.74. The summed E-state index contributed by atoms with van der Waals surface area (Å²) in [6, 6.07) is 7.15. The van der Waals surface area contributed by atoms with E-state index in [0.717, 1.165) is 12.1 Å². The molecule has 24 heavy (non-hydrogen) atoms. The molecule has 0 saturated carbocycles. The molecular formula is C17H26N2O4S. The topological polar surface area (TPSA) is 78.9 Å². The summed E-state index contributed by atoms with van der Waals surface area (Å²) in [5.41, 5.74) is 0.794. The molecule has 2 fully saturated rings. The van der Waals surface area contributed by atoms with E-state index in [-0.39, 0.29) is 18.2 Å². The largest absolute Gasteiger partial charge is 0.393 e. The molecule has 2 aliphatic rings. The summed E-state index contributed by atoms with van der Waals surface area (Å²) in [5.74, 6) is 0. The molecule has 2 heterocycles. The molecule has 2 aliphatic heterocycles. The van der Waals surface area contributed by atoms with E-state index in [4.69, 9.17) is 4.74 Å². The molecular weight excluding hydrogens is 328 g/mol. The van der Waals surface area contributed by atoms with Crippen LogP contribution in [0.5, 0.6) is 0 Å². The van der Waals surface area contributed by atoms with Crippen molar-refractivity contribution in [3.05, 3.63) is 24.3 Å². The highest BCUT2D eigenvalue weighted by atomic mass is 32.2. The van der Waals surface area contributed by atoms with Gasteiger partial charge >= 0.3 is 0 Å². The Hall–Kier alpha value is -1.15. The van der Waals surface area contributed by atoms with Gasteiger partial charge in [-0.25, -0.2) is 8.42 Å². The minimum absolute atomic E-state index is 0.101. The Morgan fingerprint density at radius 3 is 2.58 bits per heavy atom. The van der Waals surface area contributed by atoms with Crippen molar-refractivity contribution < 1.29 is 18.3 Å². The van der Waals surface area contributed by atoms with Crippen LogP contribution in [0.3, 0.4) is 0 Å². The van der Waals surface area contributed by atoms with E-state index in [1.165, 1.54) is 4.31 Å². The van der Waals surface area contributed by atoms with Gasteiger partial charge in [0.25, 0.3) is 0 Å². The van der Waals surface area contributed by atoms with Crippen LogP contribution in [0.25, 0.3) is 0 Å². The van der Waals surface area contributed by atoms with Crippen LogP contribution in [0.15, 0.2) is 29.2 Å². The minimum Gasteiger partial charge on any atom is -0.393 e. The number of aliphatic hydroxyl groups excluding tert-OH is 1. The quantitative estimate of drug-likeness (QED) is 0.862. The molecule has 0 aromatic heterocycles. The number of hydrogen-bond donors (Lipinski definition) is 2. The van der Waals surface area contributed by atoms with Crippen LogP contribution in [0.2, 0.25) is 0 Å². The van der Waals surface area contributed by atoms with Gasteiger partial charge in [0.15, 0.2) is 0 Å². The summed E-state index contributed by atoms with van der Waals surface area (Å²) >= 11 is 0. The van der Waals surface area contributed by atoms with Crippen molar-refractivity contribution >= 4 is 15.7 Å². The summed E-state index contributed by atoms with van der Waals surface area (Å²) in [4.78, 5) is 0.295. The lowest BCUT2D eigenvalue weighted by Crippen LogP contribution is -2.40. The Bertz CT molecular complexity index is 671. The fourth-order valence-electron chi connectivity index (χ4n) is 3.43. The number of piperidine rings is 1. The first-order valence-electron chi connectivity index (χ1n) is 8.56. The second-order valence-corrected chi connectivity index (χ2v) is 8.74. The average Bonchev–Trinajstić information content (AvgIpc) is 2.85. The molecule has 3 atom stereocenters. The fraction of sp³-hybridized carbons (Fsp3) is 0.647. The van der Waals surface area contributed by atoms with Gasteiger partial charge in [-0.1, -0.05) is 6.07 Å². The number of anilines is 1. The molecule has 1 aromatic carbocycles. The lowest BCUT2D eigenvalue weighted by atomic mass is 10.1. The maximum atomic E-state index is 12.8. The zero-order valence-corrected chi connectivity index (χ0v) is 15.0. The summed E-state index contributed by atoms with van der Waals surface area (Å²) in [5, 5.41) is 13.0. The Kier molecular flexibility index (Phi) is 5.15. The number of nitrogens with zero attached hydrogens (tertiary/aromatic N) is 1. The van der Waals surface area contributed by atoms with Crippen LogP contribution in [-0.4, -0.2) is 55.3 Å². The van der Waals surface area contributed by atoms with Crippen molar-refractivity contribution in [1.29, 1.82) is 0 Å². The predicted octanol–water partition coefficient (Wildman–Crippen LogP) is 1.81. The van der Waals surface area contributed by atoms with E-state index >= 15 is 0 Å². The maximum absolute atomic E-state index is 12.8. The van der Waals surface area contributed by atoms with Gasteiger partial charge in [0, 0.05) is 18.8 Å². The number of rotatable bonds is 4. The number of ether oxygens (including phenoxy) is 1. The van der Waals surface area contributed by atoms with Crippen molar-refractivity contribution in [1.82, 2.24) is 4.31 Å². The number of nitrogens with one attached hydrogen (secondary N) is 1. The molecule has 0 amide bonds. The van der Waals surface area contributed by atoms with Crippen molar-refractivity contribution in [3.63, 3.8) is 0 Å². The van der Waals surface area contributed by atoms with Crippen LogP contribution in [0.1, 0.15) is 33.1 Å². The number of aliphatic hydroxyl groups is 1. The van der Waals surface area contributed by atoms with Crippen LogP contribution in [0, 0.1) is 0 Å². The van der Waals surface area contributed by atoms with E-state index < -0.39 is 16.1 Å². The van der Waals surface area contributed by atoms with Crippen LogP contribution in [0.4, 0.5) is 5.69 Å². The molecule has 0 radical (unpaired) electrons. The fourth-order valence-corrected chi connectivity index (χ4v) is 4.95. The molecule has 3 rings (SSSR count). The first kappa shape index (κ1) is 17.7. The smallest absolute Gasteiger partial charge is 0.243 e. The third kappa shape index (κ3) is 3.74. The summed E-state index contributed by atoms with van der Waals surface area (Å²) in [6.45, 7) is 4.81. The summed E-state index contributed by atoms with van der Waals surface area (Å²) in [7, 11) is -3.51. The molecule has 2 N–H and O–H groups in total. The van der Waals surface area contributed by atoms with Crippen LogP contribution in [-0.2, 0) is 14.8 Å². The Balaban J connectivity index is 1.75. The number of hydrogen-bond acceptors (Lipinski definition) is 5. The monoisotopic (exact) mass is 354 g/mol. The predicted molar refractivity (Wildman–Crippen MR) is 92.5 cm³/mol. The van der Waals surface area contributed by atoms with Crippen molar-refractivity contribution in [2.24, 2.45) is 0 Å². The van der Waals surface area contributed by atoms with Gasteiger partial charge in [-0.2, -0.15) is 4.31 Å². The highest BCUT2D eigenvalue weighted by molar-refractivity contribution is 7.89. The van der Waals surface area contributed by atoms with Crippen molar-refractivity contribution in [3.8, 4) is 0 Å². The second-order valence-electron chi connectivity index (χ2n) is 6.80. The second kappa shape index (κ2) is 7.00. The van der Waals surface area contributed by atoms with E-state index in [9.17, 15) is 13.5 Å². The first-order valence-corrected chi connectivity index (χ1v) is 10.0.